The fraction of sp³-hybridized carbons (Fsp3) is 0.133. The number of hydrogen-bond donors (Lipinski definition) is 0. The molecule has 0 saturated carbocycles. The third kappa shape index (κ3) is 2.36. The van der Waals surface area contributed by atoms with E-state index in [-0.39, 0.29) is 11.9 Å². The number of fused-ring (bicyclic) bond motifs is 1. The highest BCUT2D eigenvalue weighted by Gasteiger charge is 2.20. The Morgan fingerprint density at radius 2 is 1.79 bits per heavy atom. The summed E-state index contributed by atoms with van der Waals surface area (Å²) in [6, 6.07) is 12.7. The first-order valence-corrected chi connectivity index (χ1v) is 7.02. The lowest BCUT2D eigenvalue weighted by Gasteiger charge is -2.20. The average molecular weight is 367 g/mol. The van der Waals surface area contributed by atoms with Crippen LogP contribution in [0.2, 0.25) is 0 Å². The highest BCUT2D eigenvalue weighted by Crippen LogP contribution is 2.32. The lowest BCUT2D eigenvalue weighted by molar-refractivity contribution is 0.0693. The van der Waals surface area contributed by atoms with Crippen LogP contribution in [0, 0.1) is 5.82 Å². The first kappa shape index (κ1) is 12.6. The van der Waals surface area contributed by atoms with Crippen LogP contribution in [0.25, 0.3) is 11.1 Å². The van der Waals surface area contributed by atoms with Crippen LogP contribution in [-0.4, -0.2) is 3.72 Å². The van der Waals surface area contributed by atoms with Gasteiger partial charge in [-0.15, -0.1) is 0 Å². The molecule has 4 heteroatoms. The van der Waals surface area contributed by atoms with Crippen molar-refractivity contribution >= 4 is 26.3 Å². The summed E-state index contributed by atoms with van der Waals surface area (Å²) in [5, 5.41) is 4.02. The Morgan fingerprint density at radius 1 is 1.11 bits per heavy atom. The molecule has 2 aromatic rings. The first-order valence-electron chi connectivity index (χ1n) is 5.95. The maximum absolute atomic E-state index is 13.0. The van der Waals surface area contributed by atoms with E-state index in [2.05, 4.69) is 33.8 Å². The number of hydrogen-bond acceptors (Lipinski definition) is 2. The number of rotatable bonds is 1. The molecule has 1 heterocycles. The maximum atomic E-state index is 13.0. The van der Waals surface area contributed by atoms with Gasteiger partial charge in [-0.05, 0) is 58.8 Å². The van der Waals surface area contributed by atoms with E-state index >= 15 is 0 Å². The summed E-state index contributed by atoms with van der Waals surface area (Å²) in [5.74, 6) is -0.222. The minimum atomic E-state index is -0.222. The van der Waals surface area contributed by atoms with Gasteiger partial charge >= 0.3 is 0 Å². The molecule has 0 N–H and O–H groups in total. The van der Waals surface area contributed by atoms with Gasteiger partial charge in [0.05, 0.1) is 0 Å². The van der Waals surface area contributed by atoms with Crippen LogP contribution in [0.5, 0.6) is 0 Å². The van der Waals surface area contributed by atoms with Gasteiger partial charge in [0.25, 0.3) is 0 Å². The van der Waals surface area contributed by atoms with Crippen LogP contribution < -0.4 is 0 Å². The Labute approximate surface area is 124 Å². The second kappa shape index (κ2) is 4.92. The SMILES string of the molecule is CC1ON=C(I)c2ccc(-c3ccc(F)cc3)cc21. The van der Waals surface area contributed by atoms with Crippen LogP contribution in [0.4, 0.5) is 4.39 Å². The van der Waals surface area contributed by atoms with E-state index in [0.29, 0.717) is 0 Å². The van der Waals surface area contributed by atoms with Gasteiger partial charge in [-0.3, -0.25) is 0 Å². The highest BCUT2D eigenvalue weighted by atomic mass is 127. The van der Waals surface area contributed by atoms with Gasteiger partial charge in [0, 0.05) is 11.1 Å². The van der Waals surface area contributed by atoms with Crippen LogP contribution in [0.1, 0.15) is 24.2 Å². The van der Waals surface area contributed by atoms with E-state index in [9.17, 15) is 4.39 Å². The Hall–Kier alpha value is -1.43. The summed E-state index contributed by atoms with van der Waals surface area (Å²) in [7, 11) is 0. The lowest BCUT2D eigenvalue weighted by atomic mass is 9.96. The molecule has 0 radical (unpaired) electrons. The molecular weight excluding hydrogens is 356 g/mol. The molecule has 0 fully saturated rings. The Morgan fingerprint density at radius 3 is 2.53 bits per heavy atom. The van der Waals surface area contributed by atoms with Gasteiger partial charge < -0.3 is 4.84 Å². The summed E-state index contributed by atoms with van der Waals surface area (Å²) >= 11 is 2.16. The van der Waals surface area contributed by atoms with Crippen LogP contribution in [-0.2, 0) is 4.84 Å². The molecule has 96 valence electrons. The summed E-state index contributed by atoms with van der Waals surface area (Å²) < 4.78 is 13.8. The zero-order valence-corrected chi connectivity index (χ0v) is 12.4. The average Bonchev–Trinajstić information content (AvgIpc) is 2.43. The molecule has 0 bridgehead atoms. The second-order valence-corrected chi connectivity index (χ2v) is 5.46. The number of oxime groups is 1. The van der Waals surface area contributed by atoms with Gasteiger partial charge in [-0.25, -0.2) is 4.39 Å². The number of halogens is 2. The van der Waals surface area contributed by atoms with Crippen molar-refractivity contribution in [2.45, 2.75) is 13.0 Å². The quantitative estimate of drug-likeness (QED) is 0.671. The minimum Gasteiger partial charge on any atom is -0.387 e. The molecule has 3 rings (SSSR count). The molecule has 0 amide bonds. The molecule has 2 nitrogen and oxygen atoms in total. The smallest absolute Gasteiger partial charge is 0.150 e. The van der Waals surface area contributed by atoms with Crippen molar-refractivity contribution in [3.63, 3.8) is 0 Å². The van der Waals surface area contributed by atoms with E-state index in [0.717, 1.165) is 26.0 Å². The predicted octanol–water partition coefficient (Wildman–Crippen LogP) is 4.68. The molecule has 0 aromatic heterocycles. The fourth-order valence-electron chi connectivity index (χ4n) is 2.14. The van der Waals surface area contributed by atoms with Crippen LogP contribution in [0.3, 0.4) is 0 Å². The van der Waals surface area contributed by atoms with E-state index in [1.54, 1.807) is 12.1 Å². The van der Waals surface area contributed by atoms with Gasteiger partial charge in [0.2, 0.25) is 0 Å². The first-order chi connectivity index (χ1) is 9.15. The molecule has 0 aliphatic carbocycles. The third-order valence-electron chi connectivity index (χ3n) is 3.18. The standard InChI is InChI=1S/C15H11FINO/c1-9-14-8-11(10-2-5-12(16)6-3-10)4-7-13(14)15(17)18-19-9/h2-9H,1H3. The van der Waals surface area contributed by atoms with Crippen molar-refractivity contribution < 1.29 is 9.23 Å². The predicted molar refractivity (Wildman–Crippen MR) is 81.9 cm³/mol. The van der Waals surface area contributed by atoms with Crippen molar-refractivity contribution in [1.29, 1.82) is 0 Å². The topological polar surface area (TPSA) is 21.6 Å². The number of nitrogens with zero attached hydrogens (tertiary/aromatic N) is 1. The summed E-state index contributed by atoms with van der Waals surface area (Å²) in [6.45, 7) is 1.97. The Kier molecular flexibility index (Phi) is 3.26. The van der Waals surface area contributed by atoms with Crippen molar-refractivity contribution in [3.8, 4) is 11.1 Å². The molecule has 1 atom stereocenters. The zero-order chi connectivity index (χ0) is 13.4. The maximum Gasteiger partial charge on any atom is 0.150 e. The fourth-order valence-corrected chi connectivity index (χ4v) is 2.75. The number of benzene rings is 2. The van der Waals surface area contributed by atoms with Gasteiger partial charge in [0.15, 0.2) is 6.10 Å². The van der Waals surface area contributed by atoms with Gasteiger partial charge in [-0.2, -0.15) is 0 Å². The summed E-state index contributed by atoms with van der Waals surface area (Å²) in [5.41, 5.74) is 4.26. The Balaban J connectivity index is 2.08. The molecule has 1 unspecified atom stereocenters. The third-order valence-corrected chi connectivity index (χ3v) is 3.96. The van der Waals surface area contributed by atoms with E-state index in [4.69, 9.17) is 4.84 Å². The van der Waals surface area contributed by atoms with Crippen molar-refractivity contribution in [3.05, 3.63) is 59.4 Å². The molecule has 2 aromatic carbocycles. The van der Waals surface area contributed by atoms with E-state index in [1.165, 1.54) is 12.1 Å². The van der Waals surface area contributed by atoms with Crippen molar-refractivity contribution in [2.24, 2.45) is 5.16 Å². The molecular formula is C15H11FINO. The van der Waals surface area contributed by atoms with Crippen LogP contribution in [0.15, 0.2) is 47.6 Å². The minimum absolute atomic E-state index is 0.0612. The molecule has 1 aliphatic rings. The van der Waals surface area contributed by atoms with E-state index in [1.807, 2.05) is 19.1 Å². The molecule has 1 aliphatic heterocycles. The largest absolute Gasteiger partial charge is 0.387 e. The monoisotopic (exact) mass is 367 g/mol. The van der Waals surface area contributed by atoms with Crippen LogP contribution >= 0.6 is 22.6 Å². The zero-order valence-electron chi connectivity index (χ0n) is 10.2. The molecule has 0 spiro atoms. The van der Waals surface area contributed by atoms with Crippen molar-refractivity contribution in [1.82, 2.24) is 0 Å². The normalized spacial score (nSPS) is 17.4. The van der Waals surface area contributed by atoms with Gasteiger partial charge in [-0.1, -0.05) is 29.4 Å². The van der Waals surface area contributed by atoms with E-state index < -0.39 is 0 Å². The van der Waals surface area contributed by atoms with Crippen molar-refractivity contribution in [2.75, 3.05) is 0 Å². The highest BCUT2D eigenvalue weighted by molar-refractivity contribution is 14.1. The summed E-state index contributed by atoms with van der Waals surface area (Å²) in [6.07, 6.45) is -0.0612. The molecule has 0 saturated heterocycles. The molecule has 19 heavy (non-hydrogen) atoms. The Bertz CT molecular complexity index is 652. The van der Waals surface area contributed by atoms with Gasteiger partial charge in [0.1, 0.15) is 9.54 Å². The summed E-state index contributed by atoms with van der Waals surface area (Å²) in [4.78, 5) is 5.35. The lowest BCUT2D eigenvalue weighted by Crippen LogP contribution is -2.10. The second-order valence-electron chi connectivity index (χ2n) is 4.44.